The predicted octanol–water partition coefficient (Wildman–Crippen LogP) is 4.09. The molecule has 0 aliphatic heterocycles. The summed E-state index contributed by atoms with van der Waals surface area (Å²) in [6, 6.07) is 7.59. The van der Waals surface area contributed by atoms with Gasteiger partial charge in [-0.3, -0.25) is 4.79 Å². The average Bonchev–Trinajstić information content (AvgIpc) is 2.94. The summed E-state index contributed by atoms with van der Waals surface area (Å²) < 4.78 is 32.7. The fraction of sp³-hybridized carbons (Fsp3) is 0.312. The van der Waals surface area contributed by atoms with E-state index < -0.39 is 23.0 Å². The lowest BCUT2D eigenvalue weighted by Gasteiger charge is -2.27. The van der Waals surface area contributed by atoms with Gasteiger partial charge in [0.25, 0.3) is 0 Å². The molecule has 0 bridgehead atoms. The first-order chi connectivity index (χ1) is 9.99. The topological polar surface area (TPSA) is 26.3 Å². The van der Waals surface area contributed by atoms with Crippen LogP contribution in [0.2, 0.25) is 0 Å². The van der Waals surface area contributed by atoms with Crippen LogP contribution < -0.4 is 0 Å². The summed E-state index contributed by atoms with van der Waals surface area (Å²) in [5, 5.41) is 1.88. The Morgan fingerprint density at radius 2 is 2.05 bits per heavy atom. The highest BCUT2D eigenvalue weighted by Gasteiger charge is 2.40. The van der Waals surface area contributed by atoms with E-state index in [9.17, 15) is 13.6 Å². The first kappa shape index (κ1) is 15.6. The predicted molar refractivity (Wildman–Crippen MR) is 78.4 cm³/mol. The Labute approximate surface area is 126 Å². The highest BCUT2D eigenvalue weighted by molar-refractivity contribution is 7.09. The number of hydrogen-bond acceptors (Lipinski definition) is 3. The molecule has 5 heteroatoms. The van der Waals surface area contributed by atoms with Crippen LogP contribution in [0.25, 0.3) is 0 Å². The highest BCUT2D eigenvalue weighted by Crippen LogP contribution is 2.33. The maximum atomic E-state index is 14.1. The summed E-state index contributed by atoms with van der Waals surface area (Å²) in [6.45, 7) is 3.46. The van der Waals surface area contributed by atoms with Gasteiger partial charge in [0.1, 0.15) is 0 Å². The smallest absolute Gasteiger partial charge is 0.316 e. The first-order valence-electron chi connectivity index (χ1n) is 6.63. The standard InChI is InChI=1S/C16H16F2O2S/c1-3-20-15(19)16(2,10-11-6-5-9-21-11)12-7-4-8-13(17)14(12)18/h4-9H,3,10H2,1-2H3. The van der Waals surface area contributed by atoms with Gasteiger partial charge in [-0.15, -0.1) is 11.3 Å². The minimum absolute atomic E-state index is 0.0225. The molecule has 0 saturated carbocycles. The lowest BCUT2D eigenvalue weighted by atomic mass is 9.78. The number of halogens is 2. The quantitative estimate of drug-likeness (QED) is 0.778. The molecular formula is C16H16F2O2S. The molecule has 2 nitrogen and oxygen atoms in total. The SMILES string of the molecule is CCOC(=O)C(C)(Cc1cccs1)c1cccc(F)c1F. The fourth-order valence-corrected chi connectivity index (χ4v) is 3.12. The van der Waals surface area contributed by atoms with Gasteiger partial charge in [-0.25, -0.2) is 8.78 Å². The van der Waals surface area contributed by atoms with Crippen LogP contribution in [-0.4, -0.2) is 12.6 Å². The van der Waals surface area contributed by atoms with Gasteiger partial charge in [-0.1, -0.05) is 18.2 Å². The number of benzene rings is 1. The van der Waals surface area contributed by atoms with Crippen LogP contribution in [0.3, 0.4) is 0 Å². The molecule has 2 rings (SSSR count). The van der Waals surface area contributed by atoms with Gasteiger partial charge >= 0.3 is 5.97 Å². The van der Waals surface area contributed by atoms with E-state index in [1.54, 1.807) is 13.8 Å². The van der Waals surface area contributed by atoms with E-state index >= 15 is 0 Å². The molecule has 0 N–H and O–H groups in total. The summed E-state index contributed by atoms with van der Waals surface area (Å²) in [5.74, 6) is -2.51. The second-order valence-electron chi connectivity index (χ2n) is 4.91. The van der Waals surface area contributed by atoms with Gasteiger partial charge in [0, 0.05) is 16.9 Å². The van der Waals surface area contributed by atoms with Gasteiger partial charge in [-0.05, 0) is 31.4 Å². The Bertz CT molecular complexity index is 625. The highest BCUT2D eigenvalue weighted by atomic mass is 32.1. The van der Waals surface area contributed by atoms with Crippen LogP contribution in [0.1, 0.15) is 24.3 Å². The van der Waals surface area contributed by atoms with E-state index in [0.717, 1.165) is 10.9 Å². The summed E-state index contributed by atoms with van der Waals surface area (Å²) in [6.07, 6.45) is 0.268. The Hall–Kier alpha value is -1.75. The van der Waals surface area contributed by atoms with Gasteiger partial charge in [0.2, 0.25) is 0 Å². The van der Waals surface area contributed by atoms with Crippen molar-refractivity contribution in [1.82, 2.24) is 0 Å². The van der Waals surface area contributed by atoms with Gasteiger partial charge in [0.05, 0.1) is 12.0 Å². The van der Waals surface area contributed by atoms with Crippen LogP contribution in [-0.2, 0) is 21.4 Å². The molecule has 0 saturated heterocycles. The van der Waals surface area contributed by atoms with E-state index in [1.165, 1.54) is 23.5 Å². The Kier molecular flexibility index (Phi) is 4.73. The van der Waals surface area contributed by atoms with E-state index in [-0.39, 0.29) is 18.6 Å². The van der Waals surface area contributed by atoms with Crippen LogP contribution in [0.15, 0.2) is 35.7 Å². The Morgan fingerprint density at radius 1 is 1.29 bits per heavy atom. The molecule has 1 aromatic heterocycles. The third-order valence-electron chi connectivity index (χ3n) is 3.38. The molecule has 0 aliphatic carbocycles. The van der Waals surface area contributed by atoms with E-state index in [2.05, 4.69) is 0 Å². The zero-order chi connectivity index (χ0) is 15.5. The van der Waals surface area contributed by atoms with E-state index in [1.807, 2.05) is 17.5 Å². The lowest BCUT2D eigenvalue weighted by molar-refractivity contribution is -0.149. The molecule has 112 valence electrons. The van der Waals surface area contributed by atoms with Crippen molar-refractivity contribution in [3.05, 3.63) is 57.8 Å². The summed E-state index contributed by atoms with van der Waals surface area (Å²) in [4.78, 5) is 13.3. The fourth-order valence-electron chi connectivity index (χ4n) is 2.26. The number of rotatable bonds is 5. The summed E-state index contributed by atoms with van der Waals surface area (Å²) in [7, 11) is 0. The summed E-state index contributed by atoms with van der Waals surface area (Å²) >= 11 is 1.47. The normalized spacial score (nSPS) is 13.7. The zero-order valence-corrected chi connectivity index (χ0v) is 12.7. The lowest BCUT2D eigenvalue weighted by Crippen LogP contribution is -2.37. The van der Waals surface area contributed by atoms with Crippen molar-refractivity contribution in [2.75, 3.05) is 6.61 Å². The Morgan fingerprint density at radius 3 is 2.67 bits per heavy atom. The van der Waals surface area contributed by atoms with Crippen molar-refractivity contribution >= 4 is 17.3 Å². The van der Waals surface area contributed by atoms with Crippen LogP contribution in [0.5, 0.6) is 0 Å². The number of hydrogen-bond donors (Lipinski definition) is 0. The van der Waals surface area contributed by atoms with Crippen molar-refractivity contribution in [1.29, 1.82) is 0 Å². The Balaban J connectivity index is 2.49. The molecule has 1 unspecified atom stereocenters. The van der Waals surface area contributed by atoms with Crippen molar-refractivity contribution in [3.8, 4) is 0 Å². The molecule has 1 heterocycles. The van der Waals surface area contributed by atoms with Crippen LogP contribution in [0.4, 0.5) is 8.78 Å². The molecule has 1 aromatic carbocycles. The van der Waals surface area contributed by atoms with Gasteiger partial charge in [0.15, 0.2) is 11.6 Å². The van der Waals surface area contributed by atoms with Gasteiger partial charge < -0.3 is 4.74 Å². The molecular weight excluding hydrogens is 294 g/mol. The van der Waals surface area contributed by atoms with Crippen molar-refractivity contribution < 1.29 is 18.3 Å². The molecule has 2 aromatic rings. The molecule has 0 aliphatic rings. The monoisotopic (exact) mass is 310 g/mol. The zero-order valence-electron chi connectivity index (χ0n) is 11.9. The van der Waals surface area contributed by atoms with E-state index in [0.29, 0.717) is 0 Å². The molecule has 0 radical (unpaired) electrons. The molecule has 0 fully saturated rings. The number of thiophene rings is 1. The second kappa shape index (κ2) is 6.35. The number of ether oxygens (including phenoxy) is 1. The van der Waals surface area contributed by atoms with Crippen molar-refractivity contribution in [3.63, 3.8) is 0 Å². The average molecular weight is 310 g/mol. The van der Waals surface area contributed by atoms with Crippen molar-refractivity contribution in [2.24, 2.45) is 0 Å². The number of esters is 1. The molecule has 0 spiro atoms. The molecule has 21 heavy (non-hydrogen) atoms. The minimum Gasteiger partial charge on any atom is -0.465 e. The number of carbonyl (C=O) groups excluding carboxylic acids is 1. The number of carbonyl (C=O) groups is 1. The summed E-state index contributed by atoms with van der Waals surface area (Å²) in [5.41, 5.74) is -1.23. The molecule has 1 atom stereocenters. The van der Waals surface area contributed by atoms with Crippen LogP contribution in [0, 0.1) is 11.6 Å². The minimum atomic E-state index is -1.26. The third kappa shape index (κ3) is 3.13. The first-order valence-corrected chi connectivity index (χ1v) is 7.51. The maximum absolute atomic E-state index is 14.1. The van der Waals surface area contributed by atoms with E-state index in [4.69, 9.17) is 4.74 Å². The van der Waals surface area contributed by atoms with Gasteiger partial charge in [-0.2, -0.15) is 0 Å². The van der Waals surface area contributed by atoms with Crippen molar-refractivity contribution in [2.45, 2.75) is 25.7 Å². The maximum Gasteiger partial charge on any atom is 0.316 e. The third-order valence-corrected chi connectivity index (χ3v) is 4.26. The largest absolute Gasteiger partial charge is 0.465 e. The molecule has 0 amide bonds. The van der Waals surface area contributed by atoms with Crippen LogP contribution >= 0.6 is 11.3 Å². The second-order valence-corrected chi connectivity index (χ2v) is 5.94.